The topological polar surface area (TPSA) is 40.6 Å². The highest BCUT2D eigenvalue weighted by Gasteiger charge is 2.20. The molecule has 0 unspecified atom stereocenters. The van der Waals surface area contributed by atoms with Crippen LogP contribution >= 0.6 is 11.6 Å². The van der Waals surface area contributed by atoms with Gasteiger partial charge >= 0.3 is 0 Å². The molecular weight excluding hydrogens is 336 g/mol. The molecule has 0 atom stereocenters. The molecule has 2 aromatic carbocycles. The Bertz CT molecular complexity index is 774. The van der Waals surface area contributed by atoms with E-state index in [0.29, 0.717) is 23.6 Å². The van der Waals surface area contributed by atoms with Crippen LogP contribution in [0.15, 0.2) is 48.5 Å². The van der Waals surface area contributed by atoms with Gasteiger partial charge in [-0.1, -0.05) is 23.7 Å². The molecule has 1 aliphatic heterocycles. The van der Waals surface area contributed by atoms with E-state index in [1.165, 1.54) is 0 Å². The van der Waals surface area contributed by atoms with Gasteiger partial charge < -0.3 is 9.80 Å². The second-order valence-corrected chi connectivity index (χ2v) is 6.78. The van der Waals surface area contributed by atoms with E-state index < -0.39 is 0 Å². The van der Waals surface area contributed by atoms with E-state index in [0.717, 1.165) is 30.6 Å². The molecule has 1 aliphatic rings. The summed E-state index contributed by atoms with van der Waals surface area (Å²) in [7, 11) is 1.77. The summed E-state index contributed by atoms with van der Waals surface area (Å²) in [5, 5.41) is 0.661. The molecule has 0 bridgehead atoms. The van der Waals surface area contributed by atoms with Gasteiger partial charge in [0.1, 0.15) is 0 Å². The van der Waals surface area contributed by atoms with Gasteiger partial charge in [-0.3, -0.25) is 9.59 Å². The zero-order valence-electron chi connectivity index (χ0n) is 14.2. The van der Waals surface area contributed by atoms with Crippen molar-refractivity contribution in [2.45, 2.75) is 25.8 Å². The van der Waals surface area contributed by atoms with Crippen molar-refractivity contribution in [3.63, 3.8) is 0 Å². The van der Waals surface area contributed by atoms with E-state index in [1.807, 2.05) is 36.4 Å². The Balaban J connectivity index is 1.68. The number of nitrogens with zero attached hydrogens (tertiary/aromatic N) is 2. The smallest absolute Gasteiger partial charge is 0.253 e. The van der Waals surface area contributed by atoms with Gasteiger partial charge in [0.2, 0.25) is 5.91 Å². The summed E-state index contributed by atoms with van der Waals surface area (Å²) in [5.41, 5.74) is 2.45. The Hall–Kier alpha value is -2.33. The lowest BCUT2D eigenvalue weighted by molar-refractivity contribution is -0.119. The Morgan fingerprint density at radius 3 is 2.60 bits per heavy atom. The number of rotatable bonds is 4. The van der Waals surface area contributed by atoms with Gasteiger partial charge in [-0.15, -0.1) is 0 Å². The van der Waals surface area contributed by atoms with Crippen LogP contribution in [0.25, 0.3) is 0 Å². The highest BCUT2D eigenvalue weighted by molar-refractivity contribution is 6.30. The van der Waals surface area contributed by atoms with E-state index in [9.17, 15) is 9.59 Å². The van der Waals surface area contributed by atoms with Crippen molar-refractivity contribution in [3.8, 4) is 0 Å². The first-order valence-corrected chi connectivity index (χ1v) is 8.83. The van der Waals surface area contributed by atoms with E-state index in [2.05, 4.69) is 0 Å². The number of halogens is 1. The molecule has 2 aromatic rings. The van der Waals surface area contributed by atoms with Gasteiger partial charge in [0.05, 0.1) is 0 Å². The standard InChI is InChI=1S/C20H21ClN2O2/c1-22(14-15-5-4-6-17(21)13-15)20(25)16-8-10-18(11-9-16)23-12-3-2-7-19(23)24/h4-6,8-11,13H,2-3,7,12,14H2,1H3. The second kappa shape index (κ2) is 7.70. The molecule has 0 aromatic heterocycles. The van der Waals surface area contributed by atoms with E-state index in [-0.39, 0.29) is 11.8 Å². The van der Waals surface area contributed by atoms with Gasteiger partial charge in [-0.05, 0) is 54.8 Å². The van der Waals surface area contributed by atoms with Gasteiger partial charge in [0.25, 0.3) is 5.91 Å². The Kier molecular flexibility index (Phi) is 5.39. The van der Waals surface area contributed by atoms with Gasteiger partial charge in [-0.2, -0.15) is 0 Å². The first-order valence-electron chi connectivity index (χ1n) is 8.45. The molecular formula is C20H21ClN2O2. The maximum atomic E-state index is 12.6. The minimum absolute atomic E-state index is 0.0588. The van der Waals surface area contributed by atoms with Crippen LogP contribution in [0.5, 0.6) is 0 Å². The molecule has 4 nitrogen and oxygen atoms in total. The molecule has 25 heavy (non-hydrogen) atoms. The zero-order chi connectivity index (χ0) is 17.8. The lowest BCUT2D eigenvalue weighted by atomic mass is 10.1. The first kappa shape index (κ1) is 17.5. The highest BCUT2D eigenvalue weighted by atomic mass is 35.5. The molecule has 0 radical (unpaired) electrons. The van der Waals surface area contributed by atoms with Crippen molar-refractivity contribution in [3.05, 3.63) is 64.7 Å². The van der Waals surface area contributed by atoms with Crippen LogP contribution in [0.4, 0.5) is 5.69 Å². The summed E-state index contributed by atoms with van der Waals surface area (Å²) in [6.07, 6.45) is 2.58. The van der Waals surface area contributed by atoms with Crippen LogP contribution in [0.1, 0.15) is 35.2 Å². The van der Waals surface area contributed by atoms with Crippen molar-refractivity contribution in [2.24, 2.45) is 0 Å². The Morgan fingerprint density at radius 2 is 1.92 bits per heavy atom. The van der Waals surface area contributed by atoms with Gasteiger partial charge in [0.15, 0.2) is 0 Å². The third kappa shape index (κ3) is 4.20. The molecule has 0 aliphatic carbocycles. The van der Waals surface area contributed by atoms with Crippen molar-refractivity contribution < 1.29 is 9.59 Å². The normalized spacial score (nSPS) is 14.5. The lowest BCUT2D eigenvalue weighted by Gasteiger charge is -2.27. The number of anilines is 1. The van der Waals surface area contributed by atoms with Crippen molar-refractivity contribution in [1.29, 1.82) is 0 Å². The lowest BCUT2D eigenvalue weighted by Crippen LogP contribution is -2.35. The number of amides is 2. The van der Waals surface area contributed by atoms with E-state index in [4.69, 9.17) is 11.6 Å². The van der Waals surface area contributed by atoms with Gasteiger partial charge in [0, 0.05) is 42.8 Å². The third-order valence-corrected chi connectivity index (χ3v) is 4.64. The fraction of sp³-hybridized carbons (Fsp3) is 0.300. The number of hydrogen-bond acceptors (Lipinski definition) is 2. The summed E-state index contributed by atoms with van der Waals surface area (Å²) in [4.78, 5) is 28.0. The number of benzene rings is 2. The van der Waals surface area contributed by atoms with Crippen LogP contribution in [0.2, 0.25) is 5.02 Å². The number of carbonyl (C=O) groups excluding carboxylic acids is 2. The molecule has 1 fully saturated rings. The quantitative estimate of drug-likeness (QED) is 0.826. The molecule has 5 heteroatoms. The molecule has 130 valence electrons. The minimum Gasteiger partial charge on any atom is -0.337 e. The van der Waals surface area contributed by atoms with Crippen LogP contribution in [0.3, 0.4) is 0 Å². The van der Waals surface area contributed by atoms with Crippen LogP contribution in [-0.4, -0.2) is 30.3 Å². The molecule has 1 saturated heterocycles. The van der Waals surface area contributed by atoms with Crippen molar-refractivity contribution >= 4 is 29.1 Å². The average molecular weight is 357 g/mol. The summed E-state index contributed by atoms with van der Waals surface area (Å²) in [5.74, 6) is 0.0971. The number of carbonyl (C=O) groups is 2. The summed E-state index contributed by atoms with van der Waals surface area (Å²) in [6.45, 7) is 1.24. The molecule has 0 saturated carbocycles. The minimum atomic E-state index is -0.0588. The Morgan fingerprint density at radius 1 is 1.16 bits per heavy atom. The first-order chi connectivity index (χ1) is 12.0. The van der Waals surface area contributed by atoms with Crippen molar-refractivity contribution in [2.75, 3.05) is 18.5 Å². The fourth-order valence-corrected chi connectivity index (χ4v) is 3.28. The molecule has 0 N–H and O–H groups in total. The molecule has 1 heterocycles. The average Bonchev–Trinajstić information content (AvgIpc) is 2.62. The second-order valence-electron chi connectivity index (χ2n) is 6.34. The molecule has 0 spiro atoms. The third-order valence-electron chi connectivity index (χ3n) is 4.40. The molecule has 2 amide bonds. The molecule has 3 rings (SSSR count). The maximum Gasteiger partial charge on any atom is 0.253 e. The number of hydrogen-bond donors (Lipinski definition) is 0. The van der Waals surface area contributed by atoms with Gasteiger partial charge in [-0.25, -0.2) is 0 Å². The predicted molar refractivity (Wildman–Crippen MR) is 99.9 cm³/mol. The Labute approximate surface area is 153 Å². The van der Waals surface area contributed by atoms with E-state index in [1.54, 1.807) is 29.0 Å². The van der Waals surface area contributed by atoms with Crippen LogP contribution in [-0.2, 0) is 11.3 Å². The summed E-state index contributed by atoms with van der Waals surface area (Å²) in [6, 6.07) is 14.8. The largest absolute Gasteiger partial charge is 0.337 e. The van der Waals surface area contributed by atoms with E-state index >= 15 is 0 Å². The summed E-state index contributed by atoms with van der Waals surface area (Å²) >= 11 is 5.99. The van der Waals surface area contributed by atoms with Crippen LogP contribution < -0.4 is 4.90 Å². The highest BCUT2D eigenvalue weighted by Crippen LogP contribution is 2.22. The fourth-order valence-electron chi connectivity index (χ4n) is 3.06. The maximum absolute atomic E-state index is 12.6. The SMILES string of the molecule is CN(Cc1cccc(Cl)c1)C(=O)c1ccc(N2CCCCC2=O)cc1. The summed E-state index contributed by atoms with van der Waals surface area (Å²) < 4.78 is 0. The number of piperidine rings is 1. The predicted octanol–water partition coefficient (Wildman–Crippen LogP) is 4.13. The zero-order valence-corrected chi connectivity index (χ0v) is 15.0. The van der Waals surface area contributed by atoms with Crippen molar-refractivity contribution in [1.82, 2.24) is 4.90 Å². The monoisotopic (exact) mass is 356 g/mol. The van der Waals surface area contributed by atoms with Crippen LogP contribution in [0, 0.1) is 0 Å².